The molecule has 468 valence electrons. The van der Waals surface area contributed by atoms with E-state index in [1.165, 1.54) is 77.2 Å². The summed E-state index contributed by atoms with van der Waals surface area (Å²) in [6.07, 6.45) is 12.7. The molecule has 89 heavy (non-hydrogen) atoms. The number of aryl methyl sites for hydroxylation is 7. The lowest BCUT2D eigenvalue weighted by Gasteiger charge is -2.32. The fourth-order valence-electron chi connectivity index (χ4n) is 12.2. The van der Waals surface area contributed by atoms with Crippen molar-refractivity contribution in [2.45, 2.75) is 159 Å². The van der Waals surface area contributed by atoms with Crippen molar-refractivity contribution in [2.75, 3.05) is 57.4 Å². The number of rotatable bonds is 9. The summed E-state index contributed by atoms with van der Waals surface area (Å²) in [7, 11) is 6.44. The fraction of sp³-hybridized carbons (Fsp3) is 0.362. The van der Waals surface area contributed by atoms with Crippen molar-refractivity contribution in [1.82, 2.24) is 9.80 Å². The molecule has 4 aliphatic rings. The molecule has 0 N–H and O–H groups in total. The Bertz CT molecular complexity index is 3980. The van der Waals surface area contributed by atoms with Gasteiger partial charge in [0.05, 0.1) is 22.7 Å². The summed E-state index contributed by atoms with van der Waals surface area (Å²) in [5.41, 5.74) is 22.5. The maximum Gasteiger partial charge on any atom is 0.212 e. The van der Waals surface area contributed by atoms with E-state index >= 15 is 0 Å². The van der Waals surface area contributed by atoms with Crippen LogP contribution in [0.1, 0.15) is 135 Å². The van der Waals surface area contributed by atoms with Gasteiger partial charge in [-0.3, -0.25) is 0 Å². The molecule has 0 aliphatic carbocycles. The Morgan fingerprint density at radius 2 is 0.787 bits per heavy atom. The summed E-state index contributed by atoms with van der Waals surface area (Å²) >= 11 is 0. The zero-order chi connectivity index (χ0) is 69.6. The lowest BCUT2D eigenvalue weighted by atomic mass is 9.71. The minimum atomic E-state index is -2.16. The van der Waals surface area contributed by atoms with Gasteiger partial charge in [-0.15, -0.1) is 0 Å². The molecule has 0 saturated heterocycles. The van der Waals surface area contributed by atoms with Gasteiger partial charge in [-0.2, -0.15) is 0 Å². The maximum atomic E-state index is 7.83. The van der Waals surface area contributed by atoms with Crippen LogP contribution in [0, 0.1) is 41.5 Å². The molecule has 4 unspecified atom stereocenters. The van der Waals surface area contributed by atoms with Crippen LogP contribution in [0.5, 0.6) is 0 Å². The summed E-state index contributed by atoms with van der Waals surface area (Å²) < 4.78 is 48.1. The van der Waals surface area contributed by atoms with Crippen LogP contribution in [0.4, 0.5) is 45.5 Å². The van der Waals surface area contributed by atoms with Crippen molar-refractivity contribution < 1.29 is 12.8 Å². The Morgan fingerprint density at radius 3 is 1.19 bits per heavy atom. The predicted molar refractivity (Wildman–Crippen MR) is 384 cm³/mol. The van der Waals surface area contributed by atoms with E-state index in [-0.39, 0.29) is 23.2 Å². The number of pyridine rings is 1. The Balaban J connectivity index is 0.000000154. The smallest absolute Gasteiger partial charge is 0.212 e. The summed E-state index contributed by atoms with van der Waals surface area (Å²) in [6, 6.07) is 58.5. The molecule has 0 radical (unpaired) electrons. The van der Waals surface area contributed by atoms with Gasteiger partial charge in [0.1, 0.15) is 31.7 Å². The van der Waals surface area contributed by atoms with E-state index in [1.807, 2.05) is 112 Å². The quantitative estimate of drug-likeness (QED) is 0.132. The molecule has 1 aromatic heterocycles. The number of hydrogen-bond donors (Lipinski definition) is 0. The number of benzene rings is 7. The van der Waals surface area contributed by atoms with Crippen molar-refractivity contribution in [3.05, 3.63) is 245 Å². The number of fused-ring (bicyclic) bond motifs is 2. The minimum Gasteiger partial charge on any atom is -0.359 e. The molecular formula is C80H104N9+. The van der Waals surface area contributed by atoms with Crippen LogP contribution in [-0.4, -0.2) is 62.5 Å². The molecule has 0 spiro atoms. The molecule has 5 heterocycles. The highest BCUT2D eigenvalue weighted by atomic mass is 15.4. The van der Waals surface area contributed by atoms with Gasteiger partial charge in [0, 0.05) is 101 Å². The minimum absolute atomic E-state index is 0.170. The van der Waals surface area contributed by atoms with Crippen LogP contribution in [-0.2, 0) is 17.9 Å². The molecule has 7 aromatic carbocycles. The summed E-state index contributed by atoms with van der Waals surface area (Å²) in [6.45, 7) is 30.9. The fourth-order valence-corrected chi connectivity index (χ4v) is 12.2. The number of hydrogen-bond acceptors (Lipinski definition) is 8. The second-order valence-electron chi connectivity index (χ2n) is 25.7. The van der Waals surface area contributed by atoms with Gasteiger partial charge in [0.15, 0.2) is 6.20 Å². The molecule has 9 nitrogen and oxygen atoms in total. The second kappa shape index (κ2) is 28.4. The Labute approximate surface area is 545 Å². The van der Waals surface area contributed by atoms with Gasteiger partial charge >= 0.3 is 0 Å². The van der Waals surface area contributed by atoms with E-state index in [4.69, 9.17) is 8.22 Å². The van der Waals surface area contributed by atoms with Crippen LogP contribution >= 0.6 is 0 Å². The van der Waals surface area contributed by atoms with Crippen molar-refractivity contribution in [3.8, 4) is 11.3 Å². The van der Waals surface area contributed by atoms with Gasteiger partial charge in [-0.1, -0.05) is 156 Å². The number of anilines is 8. The molecule has 9 heteroatoms. The van der Waals surface area contributed by atoms with Gasteiger partial charge < -0.3 is 39.2 Å². The van der Waals surface area contributed by atoms with Crippen LogP contribution in [0.25, 0.3) is 11.3 Å². The van der Waals surface area contributed by atoms with E-state index in [1.54, 1.807) is 6.20 Å². The molecule has 8 aromatic rings. The van der Waals surface area contributed by atoms with Crippen molar-refractivity contribution >= 4 is 45.5 Å². The first-order valence-corrected chi connectivity index (χ1v) is 31.8. The van der Waals surface area contributed by atoms with Crippen LogP contribution in [0.15, 0.2) is 201 Å². The standard InChI is InChI=1S/C24H36N.2C16H18N2.2C12H16N2/c1-10-23(5,6)20-15-22(19-13-12-17(3)14-18(19)4)25(9)16-21(20)24(7,8)11-2;2*1-12-8-4-5-9-14(12)18-13(2)17(3)15-10-6-7-11-16(15)18;2*1-10-6-4-5-7-12(10)14-9-8-13(3)11(14)2/h12-16H,10-11H2,1-9H3;2*4-11,13H,1-3H3;2*4-9,11H,1-3H3/q+1;;;;/i;3D3;;3D3;. The molecule has 0 saturated carbocycles. The third-order valence-electron chi connectivity index (χ3n) is 18.9. The number of nitrogens with zero attached hydrogens (tertiary/aromatic N) is 9. The largest absolute Gasteiger partial charge is 0.359 e. The van der Waals surface area contributed by atoms with Gasteiger partial charge in [0.25, 0.3) is 0 Å². The molecule has 0 bridgehead atoms. The molecule has 4 atom stereocenters. The maximum absolute atomic E-state index is 7.83. The van der Waals surface area contributed by atoms with Crippen LogP contribution in [0.3, 0.4) is 0 Å². The SMILES string of the molecule is CCC(C)(C)c1cc(-c2ccc(C)cc2C)[n+](C)cc1C(C)(C)CC.Cc1ccccc1N1C=CN(C)C1C.Cc1ccccc1N1c2ccccc2N(C)C1C.[2H]C([2H])([2H])N1C=CN(c2ccccc2C)C1C.[2H]C([2H])([2H])N1c2ccccc2N(c2ccccc2C)C1C. The lowest BCUT2D eigenvalue weighted by molar-refractivity contribution is -0.661. The summed E-state index contributed by atoms with van der Waals surface area (Å²) in [4.78, 5) is 16.2. The van der Waals surface area contributed by atoms with Gasteiger partial charge in [0.2, 0.25) is 5.69 Å². The molecule has 4 aliphatic heterocycles. The average molecular weight is 1200 g/mol. The molecule has 12 rings (SSSR count). The van der Waals surface area contributed by atoms with Gasteiger partial charge in [-0.25, -0.2) is 4.57 Å². The first kappa shape index (κ1) is 58.3. The number of para-hydroxylation sites is 8. The van der Waals surface area contributed by atoms with Crippen molar-refractivity contribution in [1.29, 1.82) is 0 Å². The lowest BCUT2D eigenvalue weighted by Crippen LogP contribution is -2.37. The normalized spacial score (nSPS) is 18.6. The third-order valence-corrected chi connectivity index (χ3v) is 18.9. The first-order valence-electron chi connectivity index (χ1n) is 34.8. The second-order valence-corrected chi connectivity index (χ2v) is 25.7. The number of aromatic nitrogens is 1. The van der Waals surface area contributed by atoms with E-state index in [0.717, 1.165) is 46.7 Å². The van der Waals surface area contributed by atoms with Crippen LogP contribution < -0.4 is 34.0 Å². The summed E-state index contributed by atoms with van der Waals surface area (Å²) in [5, 5.41) is 0. The summed E-state index contributed by atoms with van der Waals surface area (Å²) in [5.74, 6) is 0. The monoisotopic (exact) mass is 1200 g/mol. The molecule has 0 fully saturated rings. The molecule has 0 amide bonds. The average Bonchev–Trinajstić information content (AvgIpc) is 1.70. The highest BCUT2D eigenvalue weighted by Gasteiger charge is 2.35. The van der Waals surface area contributed by atoms with E-state index in [2.05, 4.69) is 249 Å². The van der Waals surface area contributed by atoms with E-state index in [0.29, 0.717) is 12.3 Å². The zero-order valence-corrected chi connectivity index (χ0v) is 56.8. The first-order chi connectivity index (χ1) is 44.7. The highest BCUT2D eigenvalue weighted by Crippen LogP contribution is 2.46. The Kier molecular flexibility index (Phi) is 18.6. The Hall–Kier alpha value is -8.43. The zero-order valence-electron chi connectivity index (χ0n) is 62.8. The predicted octanol–water partition coefficient (Wildman–Crippen LogP) is 19.2. The topological polar surface area (TPSA) is 29.8 Å². The van der Waals surface area contributed by atoms with Crippen molar-refractivity contribution in [2.24, 2.45) is 7.05 Å². The van der Waals surface area contributed by atoms with Crippen molar-refractivity contribution in [3.63, 3.8) is 0 Å². The van der Waals surface area contributed by atoms with Crippen LogP contribution in [0.2, 0.25) is 0 Å². The van der Waals surface area contributed by atoms with E-state index < -0.39 is 14.0 Å². The Morgan fingerprint density at radius 1 is 0.404 bits per heavy atom. The van der Waals surface area contributed by atoms with Gasteiger partial charge in [-0.05, 0) is 181 Å². The highest BCUT2D eigenvalue weighted by molar-refractivity contribution is 5.85. The third kappa shape index (κ3) is 14.4. The molecular weight excluding hydrogens is 1090 g/mol. The van der Waals surface area contributed by atoms with E-state index in [9.17, 15) is 0 Å².